The molecule has 0 amide bonds. The molecular weight excluding hydrogens is 308 g/mol. The Labute approximate surface area is 143 Å². The first-order chi connectivity index (χ1) is 11.7. The van der Waals surface area contributed by atoms with Crippen LogP contribution in [0.4, 0.5) is 0 Å². The molecule has 24 heavy (non-hydrogen) atoms. The van der Waals surface area contributed by atoms with Crippen LogP contribution in [-0.4, -0.2) is 73.4 Å². The number of morpholine rings is 1. The van der Waals surface area contributed by atoms with E-state index in [2.05, 4.69) is 15.9 Å². The number of para-hydroxylation sites is 1. The van der Waals surface area contributed by atoms with Crippen LogP contribution in [0.5, 0.6) is 5.75 Å². The van der Waals surface area contributed by atoms with Gasteiger partial charge in [-0.15, -0.1) is 0 Å². The molecule has 0 bridgehead atoms. The lowest BCUT2D eigenvalue weighted by atomic mass is 10.1. The van der Waals surface area contributed by atoms with Crippen LogP contribution in [0.2, 0.25) is 0 Å². The van der Waals surface area contributed by atoms with Gasteiger partial charge in [0, 0.05) is 38.3 Å². The van der Waals surface area contributed by atoms with Gasteiger partial charge in [0.05, 0.1) is 19.1 Å². The summed E-state index contributed by atoms with van der Waals surface area (Å²) >= 11 is 0. The molecule has 0 radical (unpaired) electrons. The molecule has 1 atom stereocenters. The van der Waals surface area contributed by atoms with Crippen molar-refractivity contribution in [3.63, 3.8) is 0 Å². The molecule has 1 aromatic carbocycles. The number of nitrogens with zero attached hydrogens (tertiary/aromatic N) is 2. The molecule has 0 saturated carbocycles. The zero-order valence-electron chi connectivity index (χ0n) is 14.0. The molecule has 2 saturated heterocycles. The highest BCUT2D eigenvalue weighted by molar-refractivity contribution is 5.70. The smallest absolute Gasteiger partial charge is 0.307 e. The lowest BCUT2D eigenvalue weighted by Crippen LogP contribution is -2.38. The Hall–Kier alpha value is -1.63. The second-order valence-corrected chi connectivity index (χ2v) is 6.47. The summed E-state index contributed by atoms with van der Waals surface area (Å²) in [5, 5.41) is 9.13. The van der Waals surface area contributed by atoms with E-state index in [1.807, 2.05) is 18.2 Å². The maximum Gasteiger partial charge on any atom is 0.307 e. The van der Waals surface area contributed by atoms with E-state index in [9.17, 15) is 4.79 Å². The van der Waals surface area contributed by atoms with Crippen molar-refractivity contribution in [1.82, 2.24) is 9.80 Å². The maximum atomic E-state index is 11.1. The molecular formula is C18H26N2O4. The second-order valence-electron chi connectivity index (χ2n) is 6.47. The SMILES string of the molecule is O=C(O)C1CCN(Cc2ccccc2OCCN2CCOCC2)C1. The summed E-state index contributed by atoms with van der Waals surface area (Å²) in [4.78, 5) is 15.6. The zero-order chi connectivity index (χ0) is 16.8. The van der Waals surface area contributed by atoms with E-state index in [1.54, 1.807) is 0 Å². The molecule has 3 rings (SSSR count). The van der Waals surface area contributed by atoms with Crippen molar-refractivity contribution in [3.05, 3.63) is 29.8 Å². The van der Waals surface area contributed by atoms with E-state index >= 15 is 0 Å². The molecule has 2 aliphatic rings. The van der Waals surface area contributed by atoms with Gasteiger partial charge in [0.2, 0.25) is 0 Å². The predicted octanol–water partition coefficient (Wildman–Crippen LogP) is 1.30. The van der Waals surface area contributed by atoms with E-state index < -0.39 is 5.97 Å². The van der Waals surface area contributed by atoms with Crippen molar-refractivity contribution in [3.8, 4) is 5.75 Å². The van der Waals surface area contributed by atoms with E-state index in [1.165, 1.54) is 0 Å². The summed E-state index contributed by atoms with van der Waals surface area (Å²) < 4.78 is 11.4. The highest BCUT2D eigenvalue weighted by Gasteiger charge is 2.28. The number of hydrogen-bond donors (Lipinski definition) is 1. The number of ether oxygens (including phenoxy) is 2. The molecule has 0 aromatic heterocycles. The molecule has 2 heterocycles. The van der Waals surface area contributed by atoms with E-state index in [0.29, 0.717) is 13.2 Å². The van der Waals surface area contributed by atoms with E-state index in [-0.39, 0.29) is 5.92 Å². The Balaban J connectivity index is 1.50. The van der Waals surface area contributed by atoms with Crippen molar-refractivity contribution >= 4 is 5.97 Å². The Morgan fingerprint density at radius 3 is 2.75 bits per heavy atom. The lowest BCUT2D eigenvalue weighted by Gasteiger charge is -2.26. The van der Waals surface area contributed by atoms with Crippen molar-refractivity contribution in [1.29, 1.82) is 0 Å². The summed E-state index contributed by atoms with van der Waals surface area (Å²) in [6, 6.07) is 8.06. The number of carboxylic acids is 1. The van der Waals surface area contributed by atoms with Crippen molar-refractivity contribution in [2.24, 2.45) is 5.92 Å². The molecule has 2 aliphatic heterocycles. The van der Waals surface area contributed by atoms with Crippen LogP contribution >= 0.6 is 0 Å². The first-order valence-corrected chi connectivity index (χ1v) is 8.68. The largest absolute Gasteiger partial charge is 0.492 e. The molecule has 1 aromatic rings. The van der Waals surface area contributed by atoms with Gasteiger partial charge in [-0.2, -0.15) is 0 Å². The fourth-order valence-electron chi connectivity index (χ4n) is 3.30. The van der Waals surface area contributed by atoms with Gasteiger partial charge in [-0.3, -0.25) is 14.6 Å². The summed E-state index contributed by atoms with van der Waals surface area (Å²) in [5.74, 6) is -0.0171. The topological polar surface area (TPSA) is 62.2 Å². The third kappa shape index (κ3) is 4.69. The first-order valence-electron chi connectivity index (χ1n) is 8.68. The fourth-order valence-corrected chi connectivity index (χ4v) is 3.30. The zero-order valence-corrected chi connectivity index (χ0v) is 14.0. The second kappa shape index (κ2) is 8.46. The van der Waals surface area contributed by atoms with Gasteiger partial charge < -0.3 is 14.6 Å². The van der Waals surface area contributed by atoms with Gasteiger partial charge in [-0.1, -0.05) is 18.2 Å². The highest BCUT2D eigenvalue weighted by Crippen LogP contribution is 2.24. The number of aliphatic carboxylic acids is 1. The Morgan fingerprint density at radius 2 is 2.00 bits per heavy atom. The number of hydrogen-bond acceptors (Lipinski definition) is 5. The van der Waals surface area contributed by atoms with E-state index in [4.69, 9.17) is 14.6 Å². The van der Waals surface area contributed by atoms with Crippen LogP contribution in [0.1, 0.15) is 12.0 Å². The highest BCUT2D eigenvalue weighted by atomic mass is 16.5. The van der Waals surface area contributed by atoms with E-state index in [0.717, 1.165) is 63.7 Å². The van der Waals surface area contributed by atoms with Crippen molar-refractivity contribution < 1.29 is 19.4 Å². The van der Waals surface area contributed by atoms with Gasteiger partial charge >= 0.3 is 5.97 Å². The molecule has 1 unspecified atom stereocenters. The normalized spacial score (nSPS) is 22.6. The molecule has 1 N–H and O–H groups in total. The average Bonchev–Trinajstić information content (AvgIpc) is 3.06. The van der Waals surface area contributed by atoms with Crippen molar-refractivity contribution in [2.45, 2.75) is 13.0 Å². The van der Waals surface area contributed by atoms with Crippen molar-refractivity contribution in [2.75, 3.05) is 52.5 Å². The Kier molecular flexibility index (Phi) is 6.07. The Morgan fingerprint density at radius 1 is 1.21 bits per heavy atom. The number of carboxylic acid groups (broad SMARTS) is 1. The van der Waals surface area contributed by atoms with Crippen LogP contribution in [0.15, 0.2) is 24.3 Å². The van der Waals surface area contributed by atoms with Gasteiger partial charge in [0.1, 0.15) is 12.4 Å². The van der Waals surface area contributed by atoms with Crippen LogP contribution < -0.4 is 4.74 Å². The minimum atomic E-state index is -0.687. The molecule has 2 fully saturated rings. The molecule has 132 valence electrons. The van der Waals surface area contributed by atoms with Crippen LogP contribution in [0.25, 0.3) is 0 Å². The summed E-state index contributed by atoms with van der Waals surface area (Å²) in [6.07, 6.45) is 0.732. The van der Waals surface area contributed by atoms with Crippen LogP contribution in [-0.2, 0) is 16.1 Å². The molecule has 6 nitrogen and oxygen atoms in total. The van der Waals surface area contributed by atoms with Crippen LogP contribution in [0, 0.1) is 5.92 Å². The van der Waals surface area contributed by atoms with Crippen LogP contribution in [0.3, 0.4) is 0 Å². The predicted molar refractivity (Wildman–Crippen MR) is 90.2 cm³/mol. The minimum Gasteiger partial charge on any atom is -0.492 e. The van der Waals surface area contributed by atoms with Gasteiger partial charge in [-0.25, -0.2) is 0 Å². The standard InChI is InChI=1S/C18H26N2O4/c21-18(22)16-5-6-20(14-16)13-15-3-1-2-4-17(15)24-12-9-19-7-10-23-11-8-19/h1-4,16H,5-14H2,(H,21,22). The number of likely N-dealkylation sites (tertiary alicyclic amines) is 1. The van der Waals surface area contributed by atoms with Gasteiger partial charge in [0.15, 0.2) is 0 Å². The molecule has 6 heteroatoms. The number of carbonyl (C=O) groups is 1. The monoisotopic (exact) mass is 334 g/mol. The van der Waals surface area contributed by atoms with Gasteiger partial charge in [-0.05, 0) is 19.0 Å². The average molecular weight is 334 g/mol. The summed E-state index contributed by atoms with van der Waals surface area (Å²) in [5.41, 5.74) is 1.13. The summed E-state index contributed by atoms with van der Waals surface area (Å²) in [6.45, 7) is 7.31. The lowest BCUT2D eigenvalue weighted by molar-refractivity contribution is -0.141. The number of benzene rings is 1. The quantitative estimate of drug-likeness (QED) is 0.811. The Bertz CT molecular complexity index is 546. The third-order valence-electron chi connectivity index (χ3n) is 4.76. The molecule has 0 aliphatic carbocycles. The fraction of sp³-hybridized carbons (Fsp3) is 0.611. The van der Waals surface area contributed by atoms with Gasteiger partial charge in [0.25, 0.3) is 0 Å². The molecule has 0 spiro atoms. The number of rotatable bonds is 7. The minimum absolute atomic E-state index is 0.237. The maximum absolute atomic E-state index is 11.1. The first kappa shape index (κ1) is 17.2. The summed E-state index contributed by atoms with van der Waals surface area (Å²) in [7, 11) is 0. The third-order valence-corrected chi connectivity index (χ3v) is 4.76.